The van der Waals surface area contributed by atoms with Crippen molar-refractivity contribution in [2.75, 3.05) is 51.6 Å². The summed E-state index contributed by atoms with van der Waals surface area (Å²) in [6.07, 6.45) is 4.28. The van der Waals surface area contributed by atoms with Gasteiger partial charge in [-0.25, -0.2) is 5.01 Å². The maximum absolute atomic E-state index is 13.5. The van der Waals surface area contributed by atoms with E-state index in [0.29, 0.717) is 16.8 Å². The second-order valence-electron chi connectivity index (χ2n) is 12.7. The van der Waals surface area contributed by atoms with E-state index < -0.39 is 11.7 Å². The number of carbonyl (C=O) groups is 2. The van der Waals surface area contributed by atoms with E-state index in [2.05, 4.69) is 54.4 Å². The highest BCUT2D eigenvalue weighted by molar-refractivity contribution is 6.12. The quantitative estimate of drug-likeness (QED) is 0.208. The molecule has 9 heteroatoms. The van der Waals surface area contributed by atoms with Gasteiger partial charge in [-0.05, 0) is 73.2 Å². The lowest BCUT2D eigenvalue weighted by Crippen LogP contribution is -2.45. The maximum Gasteiger partial charge on any atom is 0.300 e. The molecule has 2 aliphatic rings. The normalized spacial score (nSPS) is 17.6. The average molecular weight is 575 g/mol. The van der Waals surface area contributed by atoms with Gasteiger partial charge in [0.25, 0.3) is 11.8 Å². The van der Waals surface area contributed by atoms with Crippen molar-refractivity contribution in [2.45, 2.75) is 58.9 Å². The maximum atomic E-state index is 13.5. The third kappa shape index (κ3) is 8.50. The van der Waals surface area contributed by atoms with E-state index >= 15 is 0 Å². The Bertz CT molecular complexity index is 1330. The van der Waals surface area contributed by atoms with Crippen molar-refractivity contribution >= 4 is 23.2 Å². The third-order valence-corrected chi connectivity index (χ3v) is 8.04. The molecule has 0 radical (unpaired) electrons. The summed E-state index contributed by atoms with van der Waals surface area (Å²) in [7, 11) is 2.14. The number of allylic oxidation sites excluding steroid dienone is 1. The molecule has 0 aliphatic carbocycles. The number of hydrazine groups is 1. The summed E-state index contributed by atoms with van der Waals surface area (Å²) in [6, 6.07) is 11.5. The number of nitrogens with one attached hydrogen (secondary N) is 3. The number of carbonyl (C=O) groups excluding carboxylic acids is 2. The molecule has 2 fully saturated rings. The van der Waals surface area contributed by atoms with Gasteiger partial charge in [-0.15, -0.1) is 0 Å². The van der Waals surface area contributed by atoms with E-state index in [1.54, 1.807) is 17.1 Å². The largest absolute Gasteiger partial charge is 0.503 e. The first-order valence-electron chi connectivity index (χ1n) is 14.9. The van der Waals surface area contributed by atoms with Crippen LogP contribution in [0.25, 0.3) is 0 Å². The van der Waals surface area contributed by atoms with E-state index in [-0.39, 0.29) is 17.0 Å². The summed E-state index contributed by atoms with van der Waals surface area (Å²) in [5.41, 5.74) is 7.25. The van der Waals surface area contributed by atoms with E-state index in [1.165, 1.54) is 0 Å². The first-order chi connectivity index (χ1) is 19.9. The van der Waals surface area contributed by atoms with Crippen LogP contribution in [0.5, 0.6) is 0 Å². The van der Waals surface area contributed by atoms with Crippen molar-refractivity contribution in [3.05, 3.63) is 76.1 Å². The number of hydrogen-bond acceptors (Lipinski definition) is 7. The van der Waals surface area contributed by atoms with Gasteiger partial charge in [0.05, 0.1) is 5.71 Å². The summed E-state index contributed by atoms with van der Waals surface area (Å²) >= 11 is 0. The van der Waals surface area contributed by atoms with Crippen LogP contribution in [0.1, 0.15) is 72.6 Å². The zero-order chi connectivity index (χ0) is 30.4. The van der Waals surface area contributed by atoms with Crippen LogP contribution in [-0.4, -0.2) is 83.8 Å². The number of piperazine rings is 1. The summed E-state index contributed by atoms with van der Waals surface area (Å²) in [6.45, 7) is 14.7. The minimum atomic E-state index is -0.630. The molecule has 0 unspecified atom stereocenters. The van der Waals surface area contributed by atoms with Gasteiger partial charge in [-0.1, -0.05) is 39.3 Å². The molecule has 42 heavy (non-hydrogen) atoms. The number of anilines is 1. The van der Waals surface area contributed by atoms with Crippen molar-refractivity contribution in [3.8, 4) is 0 Å². The molecule has 0 saturated carbocycles. The van der Waals surface area contributed by atoms with E-state index in [9.17, 15) is 14.7 Å². The van der Waals surface area contributed by atoms with E-state index in [0.717, 1.165) is 87.8 Å². The molecule has 2 aromatic rings. The lowest BCUT2D eigenvalue weighted by Gasteiger charge is -2.32. The van der Waals surface area contributed by atoms with Crippen LogP contribution < -0.4 is 10.7 Å². The number of hydrogen-bond donors (Lipinski definition) is 4. The number of aryl methyl sites for hydroxylation is 1. The van der Waals surface area contributed by atoms with Crippen LogP contribution in [0.15, 0.2) is 48.2 Å². The number of nitrogens with zero attached hydrogens (tertiary/aromatic N) is 3. The highest BCUT2D eigenvalue weighted by atomic mass is 16.3. The molecular weight excluding hydrogens is 528 g/mol. The Morgan fingerprint density at radius 2 is 1.67 bits per heavy atom. The molecule has 4 rings (SSSR count). The van der Waals surface area contributed by atoms with Crippen LogP contribution in [0.3, 0.4) is 0 Å². The minimum absolute atomic E-state index is 0.0147. The summed E-state index contributed by atoms with van der Waals surface area (Å²) in [5, 5.41) is 23.8. The molecule has 226 valence electrons. The third-order valence-electron chi connectivity index (χ3n) is 8.04. The van der Waals surface area contributed by atoms with Gasteiger partial charge in [0.1, 0.15) is 0 Å². The molecule has 2 aromatic carbocycles. The van der Waals surface area contributed by atoms with Crippen molar-refractivity contribution in [2.24, 2.45) is 0 Å². The van der Waals surface area contributed by atoms with Crippen LogP contribution in [-0.2, 0) is 16.8 Å². The molecule has 0 aromatic heterocycles. The number of aliphatic hydroxyl groups excluding tert-OH is 1. The number of rotatable bonds is 8. The van der Waals surface area contributed by atoms with E-state index in [4.69, 9.17) is 5.41 Å². The number of amides is 2. The first-order valence-corrected chi connectivity index (χ1v) is 14.9. The lowest BCUT2D eigenvalue weighted by molar-refractivity contribution is -0.125. The van der Waals surface area contributed by atoms with Crippen LogP contribution in [0.2, 0.25) is 0 Å². The molecule has 2 amide bonds. The zero-order valence-corrected chi connectivity index (χ0v) is 25.7. The SMILES string of the molecule is Cc1ccc(NC(=O)c2cc(CN3CCN(C)CC3)cc(C(C)(C)C)c2)cc1C(=N)/C=C(\O)C(=O)NN1CCCCC1. The smallest absolute Gasteiger partial charge is 0.300 e. The van der Waals surface area contributed by atoms with Gasteiger partial charge in [0, 0.05) is 68.7 Å². The second-order valence-corrected chi connectivity index (χ2v) is 12.7. The second kappa shape index (κ2) is 13.6. The predicted octanol–water partition coefficient (Wildman–Crippen LogP) is 4.62. The molecular formula is C33H46N6O3. The van der Waals surface area contributed by atoms with Gasteiger partial charge >= 0.3 is 0 Å². The van der Waals surface area contributed by atoms with Gasteiger partial charge in [0.2, 0.25) is 0 Å². The number of piperidine rings is 1. The monoisotopic (exact) mass is 574 g/mol. The van der Waals surface area contributed by atoms with Crippen molar-refractivity contribution in [3.63, 3.8) is 0 Å². The van der Waals surface area contributed by atoms with Crippen LogP contribution in [0, 0.1) is 12.3 Å². The first kappa shape index (κ1) is 31.4. The van der Waals surface area contributed by atoms with Crippen molar-refractivity contribution in [1.82, 2.24) is 20.2 Å². The zero-order valence-electron chi connectivity index (χ0n) is 25.7. The Morgan fingerprint density at radius 1 is 0.976 bits per heavy atom. The Kier molecular flexibility index (Phi) is 10.2. The van der Waals surface area contributed by atoms with Gasteiger partial charge in [-0.3, -0.25) is 19.9 Å². The Labute approximate surface area is 250 Å². The Balaban J connectivity index is 1.49. The highest BCUT2D eigenvalue weighted by Gasteiger charge is 2.21. The molecule has 2 saturated heterocycles. The molecule has 0 atom stereocenters. The highest BCUT2D eigenvalue weighted by Crippen LogP contribution is 2.26. The summed E-state index contributed by atoms with van der Waals surface area (Å²) in [4.78, 5) is 30.7. The predicted molar refractivity (Wildman–Crippen MR) is 168 cm³/mol. The average Bonchev–Trinajstić information content (AvgIpc) is 2.95. The number of likely N-dealkylation sites (N-methyl/N-ethyl adjacent to an activating group) is 1. The molecule has 2 aliphatic heterocycles. The van der Waals surface area contributed by atoms with Gasteiger partial charge in [0.15, 0.2) is 5.76 Å². The van der Waals surface area contributed by atoms with Crippen LogP contribution in [0.4, 0.5) is 5.69 Å². The minimum Gasteiger partial charge on any atom is -0.503 e. The van der Waals surface area contributed by atoms with Gasteiger partial charge in [-0.2, -0.15) is 0 Å². The standard InChI is InChI=1S/C33H46N6O3/c1-23-9-10-27(20-28(23)29(34)21-30(40)32(42)36-39-11-7-6-8-12-39)35-31(41)25-17-24(18-26(19-25)33(2,3)4)22-38-15-13-37(5)14-16-38/h9-10,17-21,34,40H,6-8,11-16,22H2,1-5H3,(H,35,41)(H,36,42)/b30-21-,34-29?. The van der Waals surface area contributed by atoms with E-state index in [1.807, 2.05) is 25.1 Å². The summed E-state index contributed by atoms with van der Waals surface area (Å²) < 4.78 is 0. The fraction of sp³-hybridized carbons (Fsp3) is 0.485. The Hall–Kier alpha value is -3.53. The fourth-order valence-electron chi connectivity index (χ4n) is 5.29. The number of aliphatic hydroxyl groups is 1. The number of benzene rings is 2. The molecule has 0 spiro atoms. The Morgan fingerprint density at radius 3 is 2.33 bits per heavy atom. The van der Waals surface area contributed by atoms with Crippen molar-refractivity contribution < 1.29 is 14.7 Å². The topological polar surface area (TPSA) is 112 Å². The van der Waals surface area contributed by atoms with Gasteiger partial charge < -0.3 is 20.7 Å². The van der Waals surface area contributed by atoms with Crippen molar-refractivity contribution in [1.29, 1.82) is 5.41 Å². The fourth-order valence-corrected chi connectivity index (χ4v) is 5.29. The molecule has 9 nitrogen and oxygen atoms in total. The molecule has 4 N–H and O–H groups in total. The van der Waals surface area contributed by atoms with Crippen LogP contribution >= 0.6 is 0 Å². The molecule has 2 heterocycles. The lowest BCUT2D eigenvalue weighted by atomic mass is 9.85. The molecule has 0 bridgehead atoms. The summed E-state index contributed by atoms with van der Waals surface area (Å²) in [5.74, 6) is -1.37.